The molecule has 284 valence electrons. The average molecular weight is 753 g/mol. The lowest BCUT2D eigenvalue weighted by Crippen LogP contribution is -2.57. The van der Waals surface area contributed by atoms with Crippen molar-refractivity contribution in [2.75, 3.05) is 0 Å². The summed E-state index contributed by atoms with van der Waals surface area (Å²) in [5, 5.41) is 5.01. The van der Waals surface area contributed by atoms with Crippen LogP contribution in [0.5, 0.6) is 23.0 Å². The van der Waals surface area contributed by atoms with E-state index in [2.05, 4.69) is 201 Å². The molecule has 2 aliphatic heterocycles. The van der Waals surface area contributed by atoms with Crippen molar-refractivity contribution in [3.63, 3.8) is 0 Å². The molecule has 0 saturated carbocycles. The Balaban J connectivity index is 1.20. The van der Waals surface area contributed by atoms with Crippen LogP contribution >= 0.6 is 0 Å². The minimum atomic E-state index is -0.00503. The number of rotatable bonds is 4. The SMILES string of the molecule is CC(C)c1cc(-c2cc3c4c(c2)Oc2ccc(C(C)(C)C)cc2B4c2cc(C(C)(C)C)ccc2O3)cc(-c2c3ccccc3c(-c3ccccc3)c3ccccc23)c1. The van der Waals surface area contributed by atoms with Crippen LogP contribution in [0.25, 0.3) is 54.9 Å². The van der Waals surface area contributed by atoms with Crippen LogP contribution in [0.4, 0.5) is 0 Å². The van der Waals surface area contributed by atoms with E-state index in [0.29, 0.717) is 5.92 Å². The topological polar surface area (TPSA) is 18.5 Å². The second kappa shape index (κ2) is 13.2. The lowest BCUT2D eigenvalue weighted by Gasteiger charge is -2.35. The summed E-state index contributed by atoms with van der Waals surface area (Å²) in [6, 6.07) is 53.9. The summed E-state index contributed by atoms with van der Waals surface area (Å²) in [5.74, 6) is 3.87. The van der Waals surface area contributed by atoms with Gasteiger partial charge in [0.2, 0.25) is 0 Å². The van der Waals surface area contributed by atoms with Crippen molar-refractivity contribution in [3.8, 4) is 56.4 Å². The first-order valence-corrected chi connectivity index (χ1v) is 20.8. The van der Waals surface area contributed by atoms with Gasteiger partial charge < -0.3 is 9.47 Å². The van der Waals surface area contributed by atoms with Gasteiger partial charge in [0.05, 0.1) is 0 Å². The molecule has 2 nitrogen and oxygen atoms in total. The Morgan fingerprint density at radius 1 is 0.414 bits per heavy atom. The molecule has 0 fully saturated rings. The summed E-state index contributed by atoms with van der Waals surface area (Å²) < 4.78 is 13.9. The summed E-state index contributed by atoms with van der Waals surface area (Å²) in [6.45, 7) is 18.3. The quantitative estimate of drug-likeness (QED) is 0.132. The molecule has 0 N–H and O–H groups in total. The maximum Gasteiger partial charge on any atom is 0.260 e. The van der Waals surface area contributed by atoms with Gasteiger partial charge in [-0.25, -0.2) is 0 Å². The first-order valence-electron chi connectivity index (χ1n) is 20.8. The Labute approximate surface area is 343 Å². The van der Waals surface area contributed by atoms with Crippen molar-refractivity contribution in [3.05, 3.63) is 162 Å². The van der Waals surface area contributed by atoms with Gasteiger partial charge in [-0.15, -0.1) is 0 Å². The molecule has 0 aliphatic carbocycles. The first kappa shape index (κ1) is 36.3. The Kier molecular flexibility index (Phi) is 8.29. The predicted molar refractivity (Wildman–Crippen MR) is 247 cm³/mol. The van der Waals surface area contributed by atoms with Crippen molar-refractivity contribution >= 4 is 44.6 Å². The van der Waals surface area contributed by atoms with Crippen LogP contribution in [-0.4, -0.2) is 6.71 Å². The van der Waals surface area contributed by atoms with E-state index >= 15 is 0 Å². The Morgan fingerprint density at radius 2 is 0.845 bits per heavy atom. The highest BCUT2D eigenvalue weighted by atomic mass is 16.5. The molecule has 58 heavy (non-hydrogen) atoms. The van der Waals surface area contributed by atoms with Crippen LogP contribution in [0.2, 0.25) is 0 Å². The first-order chi connectivity index (χ1) is 27.8. The zero-order chi connectivity index (χ0) is 40.1. The minimum Gasteiger partial charge on any atom is -0.458 e. The number of ether oxygens (including phenoxy) is 2. The summed E-state index contributed by atoms with van der Waals surface area (Å²) in [5.41, 5.74) is 14.6. The highest BCUT2D eigenvalue weighted by Gasteiger charge is 2.41. The van der Waals surface area contributed by atoms with Crippen LogP contribution in [0.3, 0.4) is 0 Å². The van der Waals surface area contributed by atoms with E-state index in [0.717, 1.165) is 39.6 Å². The molecule has 2 aliphatic rings. The molecule has 0 unspecified atom stereocenters. The van der Waals surface area contributed by atoms with Gasteiger partial charge in [-0.1, -0.05) is 171 Å². The maximum absolute atomic E-state index is 6.95. The lowest BCUT2D eigenvalue weighted by molar-refractivity contribution is 0.464. The molecule has 8 aromatic rings. The zero-order valence-electron chi connectivity index (χ0n) is 34.8. The van der Waals surface area contributed by atoms with Crippen LogP contribution in [-0.2, 0) is 10.8 Å². The highest BCUT2D eigenvalue weighted by Crippen LogP contribution is 2.46. The molecule has 0 radical (unpaired) electrons. The van der Waals surface area contributed by atoms with E-state index in [1.54, 1.807) is 0 Å². The van der Waals surface area contributed by atoms with Crippen molar-refractivity contribution in [2.45, 2.75) is 72.1 Å². The van der Waals surface area contributed by atoms with Crippen LogP contribution in [0.1, 0.15) is 78.0 Å². The molecular formula is C55H49BO2. The molecule has 8 aromatic carbocycles. The Morgan fingerprint density at radius 3 is 1.31 bits per heavy atom. The molecule has 0 amide bonds. The standard InChI is InChI=1S/C55H49BO2/c1-33(2)35-26-36(28-38(27-35)52-43-20-14-12-18-41(43)51(34-16-10-9-11-17-34)42-19-13-15-21-44(42)52)37-29-49-53-50(30-37)58-48-25-23-40(55(6,7)8)32-46(48)56(53)45-31-39(54(3,4)5)22-24-47(45)57-49/h9-33H,1-8H3. The maximum atomic E-state index is 6.95. The molecule has 3 heteroatoms. The van der Waals surface area contributed by atoms with Crippen molar-refractivity contribution < 1.29 is 9.47 Å². The van der Waals surface area contributed by atoms with E-state index in [4.69, 9.17) is 9.47 Å². The Hall–Kier alpha value is -6.06. The van der Waals surface area contributed by atoms with E-state index in [1.807, 2.05) is 0 Å². The fourth-order valence-electron chi connectivity index (χ4n) is 9.25. The fraction of sp³-hybridized carbons (Fsp3) is 0.200. The summed E-state index contributed by atoms with van der Waals surface area (Å²) >= 11 is 0. The molecule has 0 saturated heterocycles. The second-order valence-electron chi connectivity index (χ2n) is 18.7. The minimum absolute atomic E-state index is 0.000899. The largest absolute Gasteiger partial charge is 0.458 e. The summed E-state index contributed by atoms with van der Waals surface area (Å²) in [7, 11) is 0. The van der Waals surface area contributed by atoms with Crippen LogP contribution in [0, 0.1) is 0 Å². The third kappa shape index (κ3) is 5.94. The zero-order valence-corrected chi connectivity index (χ0v) is 34.8. The van der Waals surface area contributed by atoms with Crippen molar-refractivity contribution in [1.82, 2.24) is 0 Å². The van der Waals surface area contributed by atoms with Gasteiger partial charge in [0, 0.05) is 5.46 Å². The second-order valence-corrected chi connectivity index (χ2v) is 18.7. The number of hydrogen-bond donors (Lipinski definition) is 0. The fourth-order valence-corrected chi connectivity index (χ4v) is 9.25. The van der Waals surface area contributed by atoms with Crippen LogP contribution in [0.15, 0.2) is 146 Å². The molecule has 0 aromatic heterocycles. The lowest BCUT2D eigenvalue weighted by atomic mass is 9.34. The number of hydrogen-bond acceptors (Lipinski definition) is 2. The van der Waals surface area contributed by atoms with Gasteiger partial charge in [0.15, 0.2) is 0 Å². The Bertz CT molecular complexity index is 2800. The van der Waals surface area contributed by atoms with Gasteiger partial charge >= 0.3 is 0 Å². The number of fused-ring (bicyclic) bond motifs is 6. The van der Waals surface area contributed by atoms with Gasteiger partial charge in [0.1, 0.15) is 23.0 Å². The van der Waals surface area contributed by atoms with Crippen molar-refractivity contribution in [1.29, 1.82) is 0 Å². The van der Waals surface area contributed by atoms with Gasteiger partial charge in [-0.3, -0.25) is 0 Å². The average Bonchev–Trinajstić information content (AvgIpc) is 3.21. The summed E-state index contributed by atoms with van der Waals surface area (Å²) in [6.07, 6.45) is 0. The normalized spacial score (nSPS) is 13.2. The summed E-state index contributed by atoms with van der Waals surface area (Å²) in [4.78, 5) is 0. The highest BCUT2D eigenvalue weighted by molar-refractivity contribution is 6.98. The molecule has 0 bridgehead atoms. The van der Waals surface area contributed by atoms with Crippen LogP contribution < -0.4 is 25.9 Å². The number of benzene rings is 8. The predicted octanol–water partition coefficient (Wildman–Crippen LogP) is 13.4. The monoisotopic (exact) mass is 752 g/mol. The van der Waals surface area contributed by atoms with Gasteiger partial charge in [-0.05, 0) is 130 Å². The van der Waals surface area contributed by atoms with E-state index in [1.165, 1.54) is 71.4 Å². The third-order valence-corrected chi connectivity index (χ3v) is 12.4. The molecule has 0 atom stereocenters. The van der Waals surface area contributed by atoms with E-state index in [9.17, 15) is 0 Å². The van der Waals surface area contributed by atoms with Gasteiger partial charge in [-0.2, -0.15) is 0 Å². The molecule has 10 rings (SSSR count). The smallest absolute Gasteiger partial charge is 0.260 e. The van der Waals surface area contributed by atoms with E-state index < -0.39 is 0 Å². The van der Waals surface area contributed by atoms with E-state index in [-0.39, 0.29) is 17.5 Å². The van der Waals surface area contributed by atoms with Gasteiger partial charge in [0.25, 0.3) is 6.71 Å². The van der Waals surface area contributed by atoms with Crippen molar-refractivity contribution in [2.24, 2.45) is 0 Å². The third-order valence-electron chi connectivity index (χ3n) is 12.4. The molecule has 0 spiro atoms. The molecular weight excluding hydrogens is 703 g/mol. The molecule has 2 heterocycles.